The van der Waals surface area contributed by atoms with Crippen molar-refractivity contribution >= 4 is 63.8 Å². The summed E-state index contributed by atoms with van der Waals surface area (Å²) >= 11 is 19.6. The molecule has 2 amide bonds. The molecule has 0 bridgehead atoms. The number of hydrogen-bond donors (Lipinski definition) is 0. The maximum Gasteiger partial charge on any atom is 0.293 e. The van der Waals surface area contributed by atoms with Crippen LogP contribution in [-0.4, -0.2) is 29.7 Å². The lowest BCUT2D eigenvalue weighted by Crippen LogP contribution is -2.29. The van der Waals surface area contributed by atoms with Gasteiger partial charge in [0.25, 0.3) is 11.1 Å². The quantitative estimate of drug-likeness (QED) is 0.248. The van der Waals surface area contributed by atoms with Gasteiger partial charge in [0, 0.05) is 22.2 Å². The Hall–Kier alpha value is -2.64. The molecule has 0 saturated carbocycles. The third kappa shape index (κ3) is 6.37. The molecule has 1 fully saturated rings. The Labute approximate surface area is 228 Å². The Morgan fingerprint density at radius 2 is 1.75 bits per heavy atom. The van der Waals surface area contributed by atoms with Gasteiger partial charge in [-0.25, -0.2) is 0 Å². The summed E-state index contributed by atoms with van der Waals surface area (Å²) in [7, 11) is 1.50. The molecule has 0 aliphatic carbocycles. The van der Waals surface area contributed by atoms with Crippen LogP contribution >= 0.6 is 46.6 Å². The zero-order chi connectivity index (χ0) is 25.7. The molecule has 9 heteroatoms. The second-order valence-corrected chi connectivity index (χ2v) is 10.2. The number of carbonyl (C=O) groups excluding carboxylic acids is 2. The van der Waals surface area contributed by atoms with Gasteiger partial charge in [-0.05, 0) is 66.1 Å². The molecule has 0 unspecified atom stereocenters. The highest BCUT2D eigenvalue weighted by molar-refractivity contribution is 8.18. The fourth-order valence-corrected chi connectivity index (χ4v) is 5.28. The average Bonchev–Trinajstić information content (AvgIpc) is 3.12. The van der Waals surface area contributed by atoms with E-state index in [9.17, 15) is 9.59 Å². The van der Waals surface area contributed by atoms with Crippen LogP contribution < -0.4 is 9.47 Å². The summed E-state index contributed by atoms with van der Waals surface area (Å²) < 4.78 is 11.4. The van der Waals surface area contributed by atoms with Crippen molar-refractivity contribution in [2.24, 2.45) is 0 Å². The zero-order valence-electron chi connectivity index (χ0n) is 19.3. The molecule has 0 spiro atoms. The number of imide groups is 1. The molecule has 0 radical (unpaired) electrons. The van der Waals surface area contributed by atoms with E-state index in [2.05, 4.69) is 0 Å². The first-order valence-electron chi connectivity index (χ1n) is 11.1. The first-order valence-corrected chi connectivity index (χ1v) is 13.0. The number of nitrogens with zero attached hydrogens (tertiary/aromatic N) is 1. The van der Waals surface area contributed by atoms with Crippen LogP contribution in [0.3, 0.4) is 0 Å². The van der Waals surface area contributed by atoms with E-state index in [1.807, 2.05) is 30.3 Å². The van der Waals surface area contributed by atoms with Crippen molar-refractivity contribution in [1.82, 2.24) is 4.90 Å². The molecule has 1 aliphatic heterocycles. The van der Waals surface area contributed by atoms with Crippen molar-refractivity contribution in [3.05, 3.63) is 97.3 Å². The van der Waals surface area contributed by atoms with E-state index >= 15 is 0 Å². The zero-order valence-corrected chi connectivity index (χ0v) is 22.4. The standard InChI is InChI=1S/C27H22Cl3NO4S/c1-34-23-13-18(12-22(30)25(23)35-16-19-9-10-20(28)15-21(19)29)14-24-26(32)31(27(33)36-24)11-5-8-17-6-3-2-4-7-17/h2-4,6-7,9-10,12-15H,5,8,11,16H2,1H3/b24-14+. The van der Waals surface area contributed by atoms with E-state index < -0.39 is 0 Å². The lowest BCUT2D eigenvalue weighted by Gasteiger charge is -2.14. The topological polar surface area (TPSA) is 55.8 Å². The van der Waals surface area contributed by atoms with Crippen molar-refractivity contribution in [2.75, 3.05) is 13.7 Å². The summed E-state index contributed by atoms with van der Waals surface area (Å²) in [5.74, 6) is 0.420. The molecule has 3 aromatic rings. The molecule has 1 saturated heterocycles. The number of ether oxygens (including phenoxy) is 2. The predicted octanol–water partition coefficient (Wildman–Crippen LogP) is 7.90. The summed E-state index contributed by atoms with van der Waals surface area (Å²) in [6.07, 6.45) is 3.12. The number of hydrogen-bond acceptors (Lipinski definition) is 5. The molecule has 36 heavy (non-hydrogen) atoms. The van der Waals surface area contributed by atoms with E-state index in [1.54, 1.807) is 36.4 Å². The number of amides is 2. The molecule has 1 heterocycles. The van der Waals surface area contributed by atoms with Gasteiger partial charge < -0.3 is 9.47 Å². The number of rotatable bonds is 9. The van der Waals surface area contributed by atoms with E-state index in [4.69, 9.17) is 44.3 Å². The van der Waals surface area contributed by atoms with Crippen LogP contribution in [0.4, 0.5) is 4.79 Å². The largest absolute Gasteiger partial charge is 0.493 e. The molecule has 0 aromatic heterocycles. The number of halogens is 3. The fourth-order valence-electron chi connectivity index (χ4n) is 3.68. The van der Waals surface area contributed by atoms with Crippen molar-refractivity contribution < 1.29 is 19.1 Å². The first-order chi connectivity index (χ1) is 17.4. The average molecular weight is 563 g/mol. The van der Waals surface area contributed by atoms with Crippen LogP contribution in [0, 0.1) is 0 Å². The van der Waals surface area contributed by atoms with E-state index in [0.29, 0.717) is 50.0 Å². The molecule has 5 nitrogen and oxygen atoms in total. The number of methoxy groups -OCH3 is 1. The number of carbonyl (C=O) groups is 2. The maximum atomic E-state index is 12.9. The van der Waals surface area contributed by atoms with Crippen molar-refractivity contribution in [1.29, 1.82) is 0 Å². The molecule has 3 aromatic carbocycles. The van der Waals surface area contributed by atoms with Gasteiger partial charge >= 0.3 is 0 Å². The van der Waals surface area contributed by atoms with Crippen molar-refractivity contribution in [3.63, 3.8) is 0 Å². The summed E-state index contributed by atoms with van der Waals surface area (Å²) in [6, 6.07) is 18.5. The molecule has 0 atom stereocenters. The molecular formula is C27H22Cl3NO4S. The van der Waals surface area contributed by atoms with Crippen LogP contribution in [0.15, 0.2) is 65.6 Å². The highest BCUT2D eigenvalue weighted by atomic mass is 35.5. The molecule has 1 aliphatic rings. The second-order valence-electron chi connectivity index (χ2n) is 7.98. The minimum atomic E-state index is -0.314. The predicted molar refractivity (Wildman–Crippen MR) is 146 cm³/mol. The summed E-state index contributed by atoms with van der Waals surface area (Å²) in [4.78, 5) is 27.0. The van der Waals surface area contributed by atoms with E-state index in [0.717, 1.165) is 23.7 Å². The first kappa shape index (κ1) is 26.4. The van der Waals surface area contributed by atoms with Gasteiger partial charge in [-0.15, -0.1) is 0 Å². The van der Waals surface area contributed by atoms with Crippen molar-refractivity contribution in [2.45, 2.75) is 19.4 Å². The Balaban J connectivity index is 1.45. The molecule has 4 rings (SSSR count). The third-order valence-corrected chi connectivity index (χ3v) is 7.28. The van der Waals surface area contributed by atoms with Crippen LogP contribution in [0.25, 0.3) is 6.08 Å². The fraction of sp³-hybridized carbons (Fsp3) is 0.185. The number of benzene rings is 3. The lowest BCUT2D eigenvalue weighted by molar-refractivity contribution is -0.122. The smallest absolute Gasteiger partial charge is 0.293 e. The van der Waals surface area contributed by atoms with Crippen LogP contribution in [0.2, 0.25) is 15.1 Å². The van der Waals surface area contributed by atoms with Gasteiger partial charge in [0.1, 0.15) is 6.61 Å². The monoisotopic (exact) mass is 561 g/mol. The van der Waals surface area contributed by atoms with Crippen LogP contribution in [-0.2, 0) is 17.8 Å². The Bertz CT molecular complexity index is 1310. The van der Waals surface area contributed by atoms with Gasteiger partial charge in [-0.1, -0.05) is 71.2 Å². The molecular weight excluding hydrogens is 541 g/mol. The second kappa shape index (κ2) is 12.1. The molecule has 186 valence electrons. The maximum absolute atomic E-state index is 12.9. The Morgan fingerprint density at radius 3 is 2.47 bits per heavy atom. The van der Waals surface area contributed by atoms with Gasteiger partial charge in [0.2, 0.25) is 0 Å². The summed E-state index contributed by atoms with van der Waals surface area (Å²) in [5, 5.41) is 1.03. The van der Waals surface area contributed by atoms with Gasteiger partial charge in [-0.2, -0.15) is 0 Å². The third-order valence-electron chi connectivity index (χ3n) is 5.50. The lowest BCUT2D eigenvalue weighted by atomic mass is 10.1. The minimum absolute atomic E-state index is 0.160. The van der Waals surface area contributed by atoms with E-state index in [-0.39, 0.29) is 17.8 Å². The summed E-state index contributed by atoms with van der Waals surface area (Å²) in [5.41, 5.74) is 2.52. The number of aryl methyl sites for hydroxylation is 1. The van der Waals surface area contributed by atoms with E-state index in [1.165, 1.54) is 17.6 Å². The van der Waals surface area contributed by atoms with Crippen LogP contribution in [0.5, 0.6) is 11.5 Å². The van der Waals surface area contributed by atoms with Gasteiger partial charge in [0.15, 0.2) is 11.5 Å². The SMILES string of the molecule is COc1cc(/C=C2/SC(=O)N(CCCc3ccccc3)C2=O)cc(Cl)c1OCc1ccc(Cl)cc1Cl. The highest BCUT2D eigenvalue weighted by Crippen LogP contribution is 2.39. The van der Waals surface area contributed by atoms with Gasteiger partial charge in [-0.3, -0.25) is 14.5 Å². The van der Waals surface area contributed by atoms with Gasteiger partial charge in [0.05, 0.1) is 17.0 Å². The molecule has 0 N–H and O–H groups in total. The number of thioether (sulfide) groups is 1. The van der Waals surface area contributed by atoms with Crippen molar-refractivity contribution in [3.8, 4) is 11.5 Å². The summed E-state index contributed by atoms with van der Waals surface area (Å²) in [6.45, 7) is 0.522. The Morgan fingerprint density at radius 1 is 0.972 bits per heavy atom. The normalized spacial score (nSPS) is 14.6. The highest BCUT2D eigenvalue weighted by Gasteiger charge is 2.34. The Kier molecular flexibility index (Phi) is 8.86. The van der Waals surface area contributed by atoms with Crippen LogP contribution in [0.1, 0.15) is 23.1 Å². The minimum Gasteiger partial charge on any atom is -0.493 e.